The van der Waals surface area contributed by atoms with Crippen molar-refractivity contribution in [2.75, 3.05) is 18.6 Å². The second-order valence-corrected chi connectivity index (χ2v) is 7.18. The summed E-state index contributed by atoms with van der Waals surface area (Å²) in [5.74, 6) is -4.44. The molecular weight excluding hydrogens is 408 g/mol. The highest BCUT2D eigenvalue weighted by atomic mass is 32.2. The van der Waals surface area contributed by atoms with Crippen LogP contribution in [-0.2, 0) is 24.0 Å². The molecule has 0 aliphatic rings. The molecule has 0 aromatic rings. The zero-order valence-corrected chi connectivity index (χ0v) is 17.0. The van der Waals surface area contributed by atoms with Crippen molar-refractivity contribution >= 4 is 41.4 Å². The average molecular weight is 436 g/mol. The van der Waals surface area contributed by atoms with Gasteiger partial charge in [0.15, 0.2) is 0 Å². The number of aliphatic carboxylic acids is 2. The first-order valence-corrected chi connectivity index (χ1v) is 10.1. The molecule has 0 aliphatic carbocycles. The molecule has 0 aromatic heterocycles. The molecule has 0 saturated carbocycles. The van der Waals surface area contributed by atoms with E-state index in [1.165, 1.54) is 18.7 Å². The van der Waals surface area contributed by atoms with Gasteiger partial charge in [-0.05, 0) is 31.8 Å². The number of hydrogen-bond donors (Lipinski definition) is 7. The van der Waals surface area contributed by atoms with E-state index in [0.717, 1.165) is 0 Å². The maximum atomic E-state index is 12.4. The second-order valence-electron chi connectivity index (χ2n) is 6.19. The van der Waals surface area contributed by atoms with Gasteiger partial charge in [0, 0.05) is 6.42 Å². The van der Waals surface area contributed by atoms with Crippen LogP contribution in [0.3, 0.4) is 0 Å². The Hall–Kier alpha value is -2.38. The van der Waals surface area contributed by atoms with Crippen LogP contribution in [0, 0.1) is 0 Å². The van der Waals surface area contributed by atoms with Crippen molar-refractivity contribution < 1.29 is 39.3 Å². The maximum Gasteiger partial charge on any atom is 0.325 e. The molecule has 12 nitrogen and oxygen atoms in total. The Balaban J connectivity index is 5.09. The summed E-state index contributed by atoms with van der Waals surface area (Å²) in [5, 5.41) is 33.7. The van der Waals surface area contributed by atoms with Crippen molar-refractivity contribution in [2.24, 2.45) is 5.73 Å². The summed E-state index contributed by atoms with van der Waals surface area (Å²) in [6.07, 6.45) is 1.39. The van der Waals surface area contributed by atoms with E-state index in [1.807, 2.05) is 6.26 Å². The standard InChI is InChI=1S/C16H28N4O8S/c1-8(16(27)28)18-14(25)10(3-4-12(22)23)19-15(26)11(7-21)20-13(24)9(17)5-6-29-2/h8-11,21H,3-7,17H2,1-2H3,(H,18,25)(H,19,26)(H,20,24)(H,22,23)(H,27,28). The minimum absolute atomic E-state index is 0.321. The molecule has 3 amide bonds. The molecule has 0 rings (SSSR count). The predicted octanol–water partition coefficient (Wildman–Crippen LogP) is -2.52. The molecule has 4 atom stereocenters. The van der Waals surface area contributed by atoms with E-state index >= 15 is 0 Å². The number of amides is 3. The van der Waals surface area contributed by atoms with Crippen molar-refractivity contribution in [1.29, 1.82) is 0 Å². The molecule has 13 heteroatoms. The number of carbonyl (C=O) groups excluding carboxylic acids is 3. The second kappa shape index (κ2) is 13.7. The summed E-state index contributed by atoms with van der Waals surface area (Å²) in [7, 11) is 0. The minimum Gasteiger partial charge on any atom is -0.481 e. The zero-order chi connectivity index (χ0) is 22.6. The number of carboxylic acid groups (broad SMARTS) is 2. The number of thioether (sulfide) groups is 1. The van der Waals surface area contributed by atoms with Crippen LogP contribution in [0.4, 0.5) is 0 Å². The lowest BCUT2D eigenvalue weighted by Gasteiger charge is -2.23. The van der Waals surface area contributed by atoms with Gasteiger partial charge in [0.25, 0.3) is 0 Å². The van der Waals surface area contributed by atoms with Crippen molar-refractivity contribution in [3.63, 3.8) is 0 Å². The van der Waals surface area contributed by atoms with Gasteiger partial charge in [-0.15, -0.1) is 0 Å². The van der Waals surface area contributed by atoms with E-state index in [9.17, 15) is 29.1 Å². The van der Waals surface area contributed by atoms with Gasteiger partial charge < -0.3 is 37.0 Å². The number of aliphatic hydroxyl groups excluding tert-OH is 1. The molecule has 0 aliphatic heterocycles. The van der Waals surface area contributed by atoms with Crippen LogP contribution in [0.5, 0.6) is 0 Å². The number of nitrogens with two attached hydrogens (primary N) is 1. The molecule has 29 heavy (non-hydrogen) atoms. The normalized spacial score (nSPS) is 14.8. The maximum absolute atomic E-state index is 12.4. The lowest BCUT2D eigenvalue weighted by molar-refractivity contribution is -0.142. The highest BCUT2D eigenvalue weighted by Gasteiger charge is 2.29. The van der Waals surface area contributed by atoms with Crippen molar-refractivity contribution in [3.05, 3.63) is 0 Å². The summed E-state index contributed by atoms with van der Waals surface area (Å²) in [6.45, 7) is 0.411. The van der Waals surface area contributed by atoms with Crippen molar-refractivity contribution in [1.82, 2.24) is 16.0 Å². The van der Waals surface area contributed by atoms with E-state index in [2.05, 4.69) is 16.0 Å². The minimum atomic E-state index is -1.42. The van der Waals surface area contributed by atoms with Gasteiger partial charge in [0.2, 0.25) is 17.7 Å². The summed E-state index contributed by atoms with van der Waals surface area (Å²) < 4.78 is 0. The molecule has 0 radical (unpaired) electrons. The lowest BCUT2D eigenvalue weighted by Crippen LogP contribution is -2.57. The third-order valence-corrected chi connectivity index (χ3v) is 4.44. The molecule has 0 fully saturated rings. The third kappa shape index (κ3) is 10.7. The van der Waals surface area contributed by atoms with E-state index in [0.29, 0.717) is 12.2 Å². The molecule has 0 spiro atoms. The zero-order valence-electron chi connectivity index (χ0n) is 16.2. The van der Waals surface area contributed by atoms with Gasteiger partial charge in [-0.1, -0.05) is 0 Å². The average Bonchev–Trinajstić information content (AvgIpc) is 2.66. The summed E-state index contributed by atoms with van der Waals surface area (Å²) >= 11 is 1.48. The van der Waals surface area contributed by atoms with Gasteiger partial charge in [0.05, 0.1) is 12.6 Å². The first kappa shape index (κ1) is 26.6. The molecule has 0 aromatic carbocycles. The van der Waals surface area contributed by atoms with Crippen LogP contribution in [0.2, 0.25) is 0 Å². The highest BCUT2D eigenvalue weighted by molar-refractivity contribution is 7.98. The fraction of sp³-hybridized carbons (Fsp3) is 0.688. The van der Waals surface area contributed by atoms with Crippen LogP contribution >= 0.6 is 11.8 Å². The molecule has 0 saturated heterocycles. The predicted molar refractivity (Wildman–Crippen MR) is 104 cm³/mol. The van der Waals surface area contributed by atoms with Gasteiger partial charge >= 0.3 is 11.9 Å². The Kier molecular flexibility index (Phi) is 12.6. The van der Waals surface area contributed by atoms with E-state index < -0.39 is 66.9 Å². The fourth-order valence-corrected chi connectivity index (χ4v) is 2.52. The van der Waals surface area contributed by atoms with Gasteiger partial charge in [-0.2, -0.15) is 11.8 Å². The first-order chi connectivity index (χ1) is 13.5. The quantitative estimate of drug-likeness (QED) is 0.152. The van der Waals surface area contributed by atoms with E-state index in [4.69, 9.17) is 15.9 Å². The lowest BCUT2D eigenvalue weighted by atomic mass is 10.1. The first-order valence-electron chi connectivity index (χ1n) is 8.74. The third-order valence-electron chi connectivity index (χ3n) is 3.79. The van der Waals surface area contributed by atoms with Crippen LogP contribution < -0.4 is 21.7 Å². The Morgan fingerprint density at radius 3 is 1.97 bits per heavy atom. The molecule has 8 N–H and O–H groups in total. The molecule has 4 unspecified atom stereocenters. The summed E-state index contributed by atoms with van der Waals surface area (Å²) in [6, 6.07) is -4.96. The number of carbonyl (C=O) groups is 5. The van der Waals surface area contributed by atoms with Gasteiger partial charge in [-0.25, -0.2) is 0 Å². The van der Waals surface area contributed by atoms with Gasteiger partial charge in [-0.3, -0.25) is 24.0 Å². The molecule has 0 heterocycles. The van der Waals surface area contributed by atoms with Gasteiger partial charge in [0.1, 0.15) is 18.1 Å². The van der Waals surface area contributed by atoms with Crippen molar-refractivity contribution in [3.8, 4) is 0 Å². The van der Waals surface area contributed by atoms with Crippen molar-refractivity contribution in [2.45, 2.75) is 50.4 Å². The summed E-state index contributed by atoms with van der Waals surface area (Å²) in [4.78, 5) is 58.2. The molecular formula is C16H28N4O8S. The topological polar surface area (TPSA) is 208 Å². The van der Waals surface area contributed by atoms with E-state index in [1.54, 1.807) is 0 Å². The Morgan fingerprint density at radius 2 is 1.48 bits per heavy atom. The summed E-state index contributed by atoms with van der Waals surface area (Å²) in [5.41, 5.74) is 5.70. The molecule has 0 bridgehead atoms. The van der Waals surface area contributed by atoms with E-state index in [-0.39, 0.29) is 6.42 Å². The fourth-order valence-electron chi connectivity index (χ4n) is 2.03. The number of carboxylic acids is 2. The highest BCUT2D eigenvalue weighted by Crippen LogP contribution is 2.02. The number of rotatable bonds is 14. The number of nitrogens with one attached hydrogen (secondary N) is 3. The Morgan fingerprint density at radius 1 is 0.931 bits per heavy atom. The SMILES string of the molecule is CSCCC(N)C(=O)NC(CO)C(=O)NC(CCC(=O)O)C(=O)NC(C)C(=O)O. The largest absolute Gasteiger partial charge is 0.481 e. The Bertz CT molecular complexity index is 603. The molecule has 166 valence electrons. The van der Waals surface area contributed by atoms with Crippen LogP contribution in [0.1, 0.15) is 26.2 Å². The van der Waals surface area contributed by atoms with Crippen LogP contribution in [0.15, 0.2) is 0 Å². The Labute approximate surface area is 172 Å². The van der Waals surface area contributed by atoms with Crippen LogP contribution in [-0.4, -0.2) is 87.8 Å². The monoisotopic (exact) mass is 436 g/mol. The number of hydrogen-bond acceptors (Lipinski definition) is 8. The van der Waals surface area contributed by atoms with Crippen LogP contribution in [0.25, 0.3) is 0 Å². The smallest absolute Gasteiger partial charge is 0.325 e. The number of aliphatic hydroxyl groups is 1.